The van der Waals surface area contributed by atoms with Crippen LogP contribution in [0, 0.1) is 0 Å². The van der Waals surface area contributed by atoms with Crippen molar-refractivity contribution in [2.75, 3.05) is 43.2 Å². The largest absolute Gasteiger partial charge is 0.376 e. The van der Waals surface area contributed by atoms with E-state index >= 15 is 0 Å². The molecule has 1 aromatic rings. The Morgan fingerprint density at radius 3 is 2.68 bits per heavy atom. The van der Waals surface area contributed by atoms with Gasteiger partial charge in [-0.3, -0.25) is 4.21 Å². The van der Waals surface area contributed by atoms with Crippen LogP contribution in [0.5, 0.6) is 0 Å². The van der Waals surface area contributed by atoms with Gasteiger partial charge in [-0.15, -0.1) is 0 Å². The molecule has 1 aromatic carbocycles. The number of amides is 2. The number of hydrogen-bond donors (Lipinski definition) is 1. The second-order valence-electron chi connectivity index (χ2n) is 6.22. The average molecular weight is 344 g/mol. The van der Waals surface area contributed by atoms with Crippen molar-refractivity contribution in [3.05, 3.63) is 23.2 Å². The molecule has 0 unspecified atom stereocenters. The molecule has 1 atom stereocenters. The van der Waals surface area contributed by atoms with Gasteiger partial charge in [-0.25, -0.2) is 4.79 Å². The van der Waals surface area contributed by atoms with Crippen LogP contribution in [0.2, 0.25) is 5.02 Å². The molecule has 122 valence electrons. The molecule has 5 nitrogen and oxygen atoms in total. The maximum Gasteiger partial charge on any atom is 0.321 e. The number of hydrogen-bond acceptors (Lipinski definition) is 3. The molecule has 1 aliphatic heterocycles. The molecule has 1 N–H and O–H groups in total. The zero-order chi connectivity index (χ0) is 16.5. The minimum atomic E-state index is -0.901. The Balaban J connectivity index is 2.16. The predicted octanol–water partition coefficient (Wildman–Crippen LogP) is 2.78. The van der Waals surface area contributed by atoms with Crippen LogP contribution in [-0.2, 0) is 10.8 Å². The van der Waals surface area contributed by atoms with Crippen LogP contribution >= 0.6 is 11.6 Å². The van der Waals surface area contributed by atoms with Crippen molar-refractivity contribution in [3.63, 3.8) is 0 Å². The second-order valence-corrected chi connectivity index (χ2v) is 8.86. The summed E-state index contributed by atoms with van der Waals surface area (Å²) in [6, 6.07) is 5.21. The summed E-state index contributed by atoms with van der Waals surface area (Å²) in [6.45, 7) is 4.82. The third-order valence-corrected chi connectivity index (χ3v) is 5.85. The summed E-state index contributed by atoms with van der Waals surface area (Å²) in [7, 11) is 2.92. The van der Waals surface area contributed by atoms with E-state index < -0.39 is 10.8 Å². The zero-order valence-corrected chi connectivity index (χ0v) is 14.9. The third-order valence-electron chi connectivity index (χ3n) is 3.70. The maximum atomic E-state index is 12.5. The summed E-state index contributed by atoms with van der Waals surface area (Å²) in [5, 5.41) is 3.49. The predicted molar refractivity (Wildman–Crippen MR) is 93.5 cm³/mol. The molecule has 0 saturated carbocycles. The van der Waals surface area contributed by atoms with Gasteiger partial charge in [-0.05, 0) is 32.0 Å². The van der Waals surface area contributed by atoms with Crippen LogP contribution in [0.25, 0.3) is 0 Å². The summed E-state index contributed by atoms with van der Waals surface area (Å²) in [5.74, 6) is 0.510. The van der Waals surface area contributed by atoms with Crippen LogP contribution in [0.3, 0.4) is 0 Å². The molecule has 0 aliphatic carbocycles. The molecule has 0 aromatic heterocycles. The maximum absolute atomic E-state index is 12.5. The first-order valence-corrected chi connectivity index (χ1v) is 8.82. The van der Waals surface area contributed by atoms with Crippen molar-refractivity contribution in [2.24, 2.45) is 0 Å². The van der Waals surface area contributed by atoms with E-state index in [0.29, 0.717) is 29.6 Å². The van der Waals surface area contributed by atoms with E-state index in [1.165, 1.54) is 0 Å². The van der Waals surface area contributed by atoms with E-state index in [2.05, 4.69) is 5.32 Å². The van der Waals surface area contributed by atoms with E-state index in [0.717, 1.165) is 5.69 Å². The van der Waals surface area contributed by atoms with Gasteiger partial charge in [0.15, 0.2) is 0 Å². The number of urea groups is 1. The highest BCUT2D eigenvalue weighted by Gasteiger charge is 2.35. The molecular weight excluding hydrogens is 322 g/mol. The second kappa shape index (κ2) is 6.46. The summed E-state index contributed by atoms with van der Waals surface area (Å²) >= 11 is 6.03. The van der Waals surface area contributed by atoms with Gasteiger partial charge in [0.1, 0.15) is 0 Å². The Morgan fingerprint density at radius 1 is 1.41 bits per heavy atom. The lowest BCUT2D eigenvalue weighted by molar-refractivity contribution is 0.207. The van der Waals surface area contributed by atoms with Crippen LogP contribution in [0.4, 0.5) is 16.2 Å². The van der Waals surface area contributed by atoms with Crippen LogP contribution in [0.15, 0.2) is 18.2 Å². The van der Waals surface area contributed by atoms with Crippen molar-refractivity contribution in [3.8, 4) is 0 Å². The van der Waals surface area contributed by atoms with Gasteiger partial charge in [0.2, 0.25) is 0 Å². The van der Waals surface area contributed by atoms with E-state index in [4.69, 9.17) is 11.6 Å². The standard InChI is InChI=1S/C15H22ClN3O2S/c1-15(2)10-19(7-8-22(15)21)14(20)17-12-9-11(16)5-6-13(12)18(3)4/h5-6,9H,7-8,10H2,1-4H3,(H,17,20)/t22-/m0/s1. The first-order chi connectivity index (χ1) is 10.2. The van der Waals surface area contributed by atoms with E-state index in [1.54, 1.807) is 17.0 Å². The lowest BCUT2D eigenvalue weighted by Gasteiger charge is -2.37. The van der Waals surface area contributed by atoms with Crippen LogP contribution in [-0.4, -0.2) is 52.8 Å². The molecule has 1 saturated heterocycles. The van der Waals surface area contributed by atoms with Crippen molar-refractivity contribution in [1.82, 2.24) is 4.90 Å². The Hall–Kier alpha value is -1.27. The highest BCUT2D eigenvalue weighted by atomic mass is 35.5. The third kappa shape index (κ3) is 3.73. The van der Waals surface area contributed by atoms with Crippen molar-refractivity contribution in [1.29, 1.82) is 0 Å². The van der Waals surface area contributed by atoms with Gasteiger partial charge >= 0.3 is 6.03 Å². The fourth-order valence-corrected chi connectivity index (χ4v) is 3.86. The van der Waals surface area contributed by atoms with Crippen molar-refractivity contribution in [2.45, 2.75) is 18.6 Å². The quantitative estimate of drug-likeness (QED) is 0.898. The Morgan fingerprint density at radius 2 is 2.09 bits per heavy atom. The number of anilines is 2. The van der Waals surface area contributed by atoms with E-state index in [9.17, 15) is 9.00 Å². The van der Waals surface area contributed by atoms with E-state index in [-0.39, 0.29) is 10.8 Å². The smallest absolute Gasteiger partial charge is 0.321 e. The molecule has 0 bridgehead atoms. The van der Waals surface area contributed by atoms with E-state index in [1.807, 2.05) is 38.9 Å². The number of nitrogens with one attached hydrogen (secondary N) is 1. The van der Waals surface area contributed by atoms with Crippen molar-refractivity contribution < 1.29 is 9.00 Å². The minimum Gasteiger partial charge on any atom is -0.376 e. The fraction of sp³-hybridized carbons (Fsp3) is 0.533. The molecule has 2 rings (SSSR count). The monoisotopic (exact) mass is 343 g/mol. The lowest BCUT2D eigenvalue weighted by Crippen LogP contribution is -2.53. The molecular formula is C15H22ClN3O2S. The van der Waals surface area contributed by atoms with Gasteiger partial charge < -0.3 is 15.1 Å². The molecule has 0 radical (unpaired) electrons. The normalized spacial score (nSPS) is 20.6. The van der Waals surface area contributed by atoms with Gasteiger partial charge in [-0.2, -0.15) is 0 Å². The average Bonchev–Trinajstić information content (AvgIpc) is 2.41. The molecule has 22 heavy (non-hydrogen) atoms. The number of rotatable bonds is 2. The molecule has 1 heterocycles. The van der Waals surface area contributed by atoms with Gasteiger partial charge in [-0.1, -0.05) is 11.6 Å². The molecule has 1 fully saturated rings. The molecule has 7 heteroatoms. The number of carbonyl (C=O) groups is 1. The Bertz CT molecular complexity index is 604. The number of nitrogens with zero attached hydrogens (tertiary/aromatic N) is 2. The fourth-order valence-electron chi connectivity index (χ4n) is 2.45. The summed E-state index contributed by atoms with van der Waals surface area (Å²) in [6.07, 6.45) is 0. The Labute approximate surface area is 139 Å². The summed E-state index contributed by atoms with van der Waals surface area (Å²) in [5.41, 5.74) is 1.56. The topological polar surface area (TPSA) is 52.7 Å². The minimum absolute atomic E-state index is 0.185. The number of carbonyl (C=O) groups excluding carboxylic acids is 1. The summed E-state index contributed by atoms with van der Waals surface area (Å²) in [4.78, 5) is 16.1. The Kier molecular flexibility index (Phi) is 5.02. The first-order valence-electron chi connectivity index (χ1n) is 7.12. The number of halogens is 1. The zero-order valence-electron chi connectivity index (χ0n) is 13.4. The first kappa shape index (κ1) is 17.1. The molecule has 2 amide bonds. The summed E-state index contributed by atoms with van der Waals surface area (Å²) < 4.78 is 11.6. The SMILES string of the molecule is CN(C)c1ccc(Cl)cc1NC(=O)N1CC[S@](=O)C(C)(C)C1. The molecule has 0 spiro atoms. The van der Waals surface area contributed by atoms with Crippen LogP contribution < -0.4 is 10.2 Å². The van der Waals surface area contributed by atoms with Gasteiger partial charge in [0, 0.05) is 48.8 Å². The highest BCUT2D eigenvalue weighted by Crippen LogP contribution is 2.28. The van der Waals surface area contributed by atoms with Crippen LogP contribution in [0.1, 0.15) is 13.8 Å². The van der Waals surface area contributed by atoms with Gasteiger partial charge in [0.25, 0.3) is 0 Å². The lowest BCUT2D eigenvalue weighted by atomic mass is 10.2. The molecule has 1 aliphatic rings. The van der Waals surface area contributed by atoms with Gasteiger partial charge in [0.05, 0.1) is 16.1 Å². The van der Waals surface area contributed by atoms with Crippen molar-refractivity contribution >= 4 is 39.8 Å². The number of benzene rings is 1. The highest BCUT2D eigenvalue weighted by molar-refractivity contribution is 7.86.